The second kappa shape index (κ2) is 7.69. The third-order valence-electron chi connectivity index (χ3n) is 3.17. The molecule has 0 aromatic heterocycles. The molecule has 0 fully saturated rings. The lowest BCUT2D eigenvalue weighted by molar-refractivity contribution is 0.0687. The third kappa shape index (κ3) is 4.92. The monoisotopic (exact) mass is 351 g/mol. The Balaban J connectivity index is 2.21. The molecule has 0 aliphatic carbocycles. The molecule has 0 N–H and O–H groups in total. The second-order valence-electron chi connectivity index (χ2n) is 5.16. The van der Waals surface area contributed by atoms with Gasteiger partial charge in [0.1, 0.15) is 11.9 Å². The average molecular weight is 352 g/mol. The molecule has 2 nitrogen and oxygen atoms in total. The van der Waals surface area contributed by atoms with E-state index in [9.17, 15) is 4.39 Å². The van der Waals surface area contributed by atoms with Gasteiger partial charge in [0.2, 0.25) is 0 Å². The lowest BCUT2D eigenvalue weighted by Gasteiger charge is -2.20. The summed E-state index contributed by atoms with van der Waals surface area (Å²) >= 11 is 3.43. The smallest absolute Gasteiger partial charge is 0.123 e. The van der Waals surface area contributed by atoms with E-state index in [4.69, 9.17) is 4.74 Å². The Hall–Kier alpha value is -1.23. The number of hydrogen-bond acceptors (Lipinski definition) is 2. The van der Waals surface area contributed by atoms with E-state index < -0.39 is 0 Å². The summed E-state index contributed by atoms with van der Waals surface area (Å²) in [4.78, 5) is 2.07. The van der Waals surface area contributed by atoms with Gasteiger partial charge in [-0.3, -0.25) is 0 Å². The standard InChI is InChI=1S/C17H19BrFNO/c1-20(2)11-12-21-17(13-3-7-15(18)8-4-13)14-5-9-16(19)10-6-14/h3-10,17H,11-12H2,1-2H3/t17-/m0/s1. The molecule has 0 unspecified atom stereocenters. The minimum Gasteiger partial charge on any atom is -0.367 e. The minimum absolute atomic E-state index is 0.182. The fourth-order valence-electron chi connectivity index (χ4n) is 2.01. The van der Waals surface area contributed by atoms with Gasteiger partial charge >= 0.3 is 0 Å². The molecule has 0 spiro atoms. The van der Waals surface area contributed by atoms with Crippen LogP contribution < -0.4 is 0 Å². The van der Waals surface area contributed by atoms with Crippen molar-refractivity contribution in [2.24, 2.45) is 0 Å². The highest BCUT2D eigenvalue weighted by Crippen LogP contribution is 2.27. The van der Waals surface area contributed by atoms with Gasteiger partial charge in [-0.2, -0.15) is 0 Å². The number of halogens is 2. The van der Waals surface area contributed by atoms with Crippen LogP contribution >= 0.6 is 15.9 Å². The van der Waals surface area contributed by atoms with Crippen molar-refractivity contribution in [3.63, 3.8) is 0 Å². The molecule has 21 heavy (non-hydrogen) atoms. The predicted molar refractivity (Wildman–Crippen MR) is 86.9 cm³/mol. The number of likely N-dealkylation sites (N-methyl/N-ethyl adjacent to an activating group) is 1. The zero-order valence-corrected chi connectivity index (χ0v) is 13.8. The summed E-state index contributed by atoms with van der Waals surface area (Å²) in [7, 11) is 4.02. The van der Waals surface area contributed by atoms with Gasteiger partial charge in [0.25, 0.3) is 0 Å². The van der Waals surface area contributed by atoms with Crippen molar-refractivity contribution in [1.82, 2.24) is 4.90 Å². The van der Waals surface area contributed by atoms with Crippen molar-refractivity contribution < 1.29 is 9.13 Å². The van der Waals surface area contributed by atoms with Crippen molar-refractivity contribution in [3.8, 4) is 0 Å². The summed E-state index contributed by atoms with van der Waals surface area (Å²) < 4.78 is 20.2. The van der Waals surface area contributed by atoms with Crippen LogP contribution in [-0.4, -0.2) is 32.1 Å². The zero-order valence-electron chi connectivity index (χ0n) is 12.2. The van der Waals surface area contributed by atoms with Crippen LogP contribution in [-0.2, 0) is 4.74 Å². The maximum Gasteiger partial charge on any atom is 0.123 e. The first-order valence-electron chi connectivity index (χ1n) is 6.83. The number of hydrogen-bond donors (Lipinski definition) is 0. The lowest BCUT2D eigenvalue weighted by atomic mass is 10.0. The Morgan fingerprint density at radius 1 is 1.00 bits per heavy atom. The molecule has 0 saturated heterocycles. The van der Waals surface area contributed by atoms with Crippen molar-refractivity contribution >= 4 is 15.9 Å². The summed E-state index contributed by atoms with van der Waals surface area (Å²) in [6, 6.07) is 14.5. The maximum absolute atomic E-state index is 13.1. The molecule has 0 heterocycles. The molecule has 0 amide bonds. The molecule has 1 atom stereocenters. The van der Waals surface area contributed by atoms with E-state index in [2.05, 4.69) is 20.8 Å². The van der Waals surface area contributed by atoms with Gasteiger partial charge in [-0.1, -0.05) is 40.2 Å². The van der Waals surface area contributed by atoms with Crippen LogP contribution in [0.15, 0.2) is 53.0 Å². The Bertz CT molecular complexity index is 509. The van der Waals surface area contributed by atoms with Gasteiger partial charge in [-0.15, -0.1) is 0 Å². The molecule has 0 aliphatic rings. The maximum atomic E-state index is 13.1. The van der Waals surface area contributed by atoms with Crippen LogP contribution in [0, 0.1) is 5.82 Å². The van der Waals surface area contributed by atoms with Gasteiger partial charge in [-0.05, 0) is 49.5 Å². The van der Waals surface area contributed by atoms with E-state index in [0.29, 0.717) is 6.61 Å². The van der Waals surface area contributed by atoms with Gasteiger partial charge in [-0.25, -0.2) is 4.39 Å². The van der Waals surface area contributed by atoms with E-state index in [0.717, 1.165) is 22.1 Å². The molecule has 0 bridgehead atoms. The SMILES string of the molecule is CN(C)CCO[C@H](c1ccc(F)cc1)c1ccc(Br)cc1. The number of nitrogens with zero attached hydrogens (tertiary/aromatic N) is 1. The van der Waals surface area contributed by atoms with E-state index >= 15 is 0 Å². The number of rotatable bonds is 6. The normalized spacial score (nSPS) is 12.6. The van der Waals surface area contributed by atoms with Crippen LogP contribution in [0.4, 0.5) is 4.39 Å². The Morgan fingerprint density at radius 3 is 2.05 bits per heavy atom. The summed E-state index contributed by atoms with van der Waals surface area (Å²) in [6.45, 7) is 1.46. The van der Waals surface area contributed by atoms with Crippen LogP contribution in [0.3, 0.4) is 0 Å². The molecule has 112 valence electrons. The first kappa shape index (κ1) is 16.1. The molecule has 2 rings (SSSR count). The van der Waals surface area contributed by atoms with E-state index in [1.807, 2.05) is 38.4 Å². The topological polar surface area (TPSA) is 12.5 Å². The van der Waals surface area contributed by atoms with E-state index in [-0.39, 0.29) is 11.9 Å². The van der Waals surface area contributed by atoms with Crippen LogP contribution in [0.1, 0.15) is 17.2 Å². The summed E-state index contributed by atoms with van der Waals surface area (Å²) in [5.74, 6) is -0.235. The summed E-state index contributed by atoms with van der Waals surface area (Å²) in [5, 5.41) is 0. The van der Waals surface area contributed by atoms with Gasteiger partial charge in [0, 0.05) is 11.0 Å². The molecule has 0 radical (unpaired) electrons. The molecular formula is C17H19BrFNO. The van der Waals surface area contributed by atoms with Crippen molar-refractivity contribution in [2.45, 2.75) is 6.10 Å². The minimum atomic E-state index is -0.235. The van der Waals surface area contributed by atoms with Gasteiger partial charge in [0.05, 0.1) is 6.61 Å². The first-order valence-corrected chi connectivity index (χ1v) is 7.63. The first-order chi connectivity index (χ1) is 10.1. The molecule has 2 aromatic rings. The molecule has 2 aromatic carbocycles. The van der Waals surface area contributed by atoms with Crippen LogP contribution in [0.2, 0.25) is 0 Å². The van der Waals surface area contributed by atoms with Crippen molar-refractivity contribution in [1.29, 1.82) is 0 Å². The van der Waals surface area contributed by atoms with Crippen molar-refractivity contribution in [2.75, 3.05) is 27.2 Å². The van der Waals surface area contributed by atoms with E-state index in [1.165, 1.54) is 12.1 Å². The second-order valence-corrected chi connectivity index (χ2v) is 6.07. The quantitative estimate of drug-likeness (QED) is 0.771. The van der Waals surface area contributed by atoms with Crippen LogP contribution in [0.5, 0.6) is 0 Å². The highest BCUT2D eigenvalue weighted by Gasteiger charge is 2.15. The Labute approximate surface area is 133 Å². The molecule has 4 heteroatoms. The Morgan fingerprint density at radius 2 is 1.52 bits per heavy atom. The zero-order chi connectivity index (χ0) is 15.2. The fourth-order valence-corrected chi connectivity index (χ4v) is 2.28. The molecule has 0 saturated carbocycles. The Kier molecular flexibility index (Phi) is 5.91. The third-order valence-corrected chi connectivity index (χ3v) is 3.70. The average Bonchev–Trinajstić information content (AvgIpc) is 2.46. The largest absolute Gasteiger partial charge is 0.367 e. The lowest BCUT2D eigenvalue weighted by Crippen LogP contribution is -2.20. The fraction of sp³-hybridized carbons (Fsp3) is 0.294. The number of ether oxygens (including phenoxy) is 1. The van der Waals surface area contributed by atoms with Crippen molar-refractivity contribution in [3.05, 3.63) is 69.9 Å². The van der Waals surface area contributed by atoms with Gasteiger partial charge < -0.3 is 9.64 Å². The summed E-state index contributed by atoms with van der Waals surface area (Å²) in [6.07, 6.45) is -0.182. The van der Waals surface area contributed by atoms with E-state index in [1.54, 1.807) is 12.1 Å². The predicted octanol–water partition coefficient (Wildman–Crippen LogP) is 4.26. The van der Waals surface area contributed by atoms with Crippen LogP contribution in [0.25, 0.3) is 0 Å². The summed E-state index contributed by atoms with van der Waals surface area (Å²) in [5.41, 5.74) is 2.01. The van der Waals surface area contributed by atoms with Gasteiger partial charge in [0.15, 0.2) is 0 Å². The molecule has 0 aliphatic heterocycles. The highest BCUT2D eigenvalue weighted by molar-refractivity contribution is 9.10. The molecular weight excluding hydrogens is 333 g/mol. The number of benzene rings is 2. The highest BCUT2D eigenvalue weighted by atomic mass is 79.9.